The Hall–Kier alpha value is -0.850. The SMILES string of the molecule is Cl.O=C1CN(C(=O)CC2COCCN2)C2CCCCC2N1. The van der Waals surface area contributed by atoms with Gasteiger partial charge in [0.25, 0.3) is 0 Å². The fourth-order valence-corrected chi connectivity index (χ4v) is 3.53. The molecule has 2 aliphatic heterocycles. The van der Waals surface area contributed by atoms with E-state index in [1.165, 1.54) is 0 Å². The molecule has 3 aliphatic rings. The maximum Gasteiger partial charge on any atom is 0.239 e. The van der Waals surface area contributed by atoms with Gasteiger partial charge in [0.1, 0.15) is 0 Å². The molecule has 6 nitrogen and oxygen atoms in total. The van der Waals surface area contributed by atoms with E-state index in [2.05, 4.69) is 10.6 Å². The molecule has 2 amide bonds. The average molecular weight is 318 g/mol. The van der Waals surface area contributed by atoms with Gasteiger partial charge in [0, 0.05) is 25.0 Å². The zero-order valence-electron chi connectivity index (χ0n) is 12.2. The normalized spacial score (nSPS) is 32.7. The van der Waals surface area contributed by atoms with Crippen LogP contribution < -0.4 is 10.6 Å². The summed E-state index contributed by atoms with van der Waals surface area (Å²) in [6, 6.07) is 0.436. The molecule has 21 heavy (non-hydrogen) atoms. The van der Waals surface area contributed by atoms with Crippen molar-refractivity contribution in [3.05, 3.63) is 0 Å². The molecule has 0 aromatic heterocycles. The van der Waals surface area contributed by atoms with Gasteiger partial charge >= 0.3 is 0 Å². The third-order valence-electron chi connectivity index (χ3n) is 4.53. The fourth-order valence-electron chi connectivity index (χ4n) is 3.53. The van der Waals surface area contributed by atoms with Crippen molar-refractivity contribution < 1.29 is 14.3 Å². The summed E-state index contributed by atoms with van der Waals surface area (Å²) in [5.41, 5.74) is 0. The van der Waals surface area contributed by atoms with Gasteiger partial charge in [-0.15, -0.1) is 12.4 Å². The molecule has 3 rings (SSSR count). The molecule has 120 valence electrons. The molecule has 2 N–H and O–H groups in total. The monoisotopic (exact) mass is 317 g/mol. The molecular weight excluding hydrogens is 294 g/mol. The van der Waals surface area contributed by atoms with Crippen LogP contribution in [0.1, 0.15) is 32.1 Å². The number of rotatable bonds is 2. The molecule has 2 heterocycles. The maximum absolute atomic E-state index is 12.5. The van der Waals surface area contributed by atoms with Gasteiger partial charge in [0.05, 0.1) is 25.8 Å². The number of morpholine rings is 1. The topological polar surface area (TPSA) is 70.7 Å². The summed E-state index contributed by atoms with van der Waals surface area (Å²) in [5, 5.41) is 6.33. The van der Waals surface area contributed by atoms with Gasteiger partial charge in [-0.3, -0.25) is 9.59 Å². The summed E-state index contributed by atoms with van der Waals surface area (Å²) in [5.74, 6) is 0.0640. The van der Waals surface area contributed by atoms with Crippen LogP contribution in [0.4, 0.5) is 0 Å². The minimum absolute atomic E-state index is 0. The van der Waals surface area contributed by atoms with Gasteiger partial charge in [-0.1, -0.05) is 12.8 Å². The molecular formula is C14H24ClN3O3. The number of hydrogen-bond acceptors (Lipinski definition) is 4. The van der Waals surface area contributed by atoms with Crippen molar-refractivity contribution in [2.45, 2.75) is 50.2 Å². The Balaban J connectivity index is 0.00000161. The molecule has 1 aliphatic carbocycles. The number of amides is 2. The molecule has 0 radical (unpaired) electrons. The predicted octanol–water partition coefficient (Wildman–Crippen LogP) is 0.0563. The quantitative estimate of drug-likeness (QED) is 0.755. The van der Waals surface area contributed by atoms with E-state index in [1.807, 2.05) is 0 Å². The zero-order chi connectivity index (χ0) is 13.9. The Bertz CT molecular complexity index is 388. The van der Waals surface area contributed by atoms with Crippen LogP contribution in [0.2, 0.25) is 0 Å². The number of carbonyl (C=O) groups is 2. The van der Waals surface area contributed by atoms with E-state index in [-0.39, 0.29) is 48.9 Å². The number of halogens is 1. The summed E-state index contributed by atoms with van der Waals surface area (Å²) in [6.45, 7) is 2.31. The van der Waals surface area contributed by atoms with Crippen LogP contribution in [0.3, 0.4) is 0 Å². The van der Waals surface area contributed by atoms with Gasteiger partial charge in [0.2, 0.25) is 11.8 Å². The van der Waals surface area contributed by atoms with Gasteiger partial charge in [0.15, 0.2) is 0 Å². The Kier molecular flexibility index (Phi) is 5.84. The van der Waals surface area contributed by atoms with Crippen molar-refractivity contribution in [1.82, 2.24) is 15.5 Å². The Labute approximate surface area is 131 Å². The van der Waals surface area contributed by atoms with Crippen LogP contribution in [0.25, 0.3) is 0 Å². The average Bonchev–Trinajstić information content (AvgIpc) is 2.47. The van der Waals surface area contributed by atoms with E-state index in [0.717, 1.165) is 32.2 Å². The zero-order valence-corrected chi connectivity index (χ0v) is 13.0. The highest BCUT2D eigenvalue weighted by Gasteiger charge is 2.39. The number of hydrogen-bond donors (Lipinski definition) is 2. The Morgan fingerprint density at radius 1 is 1.33 bits per heavy atom. The molecule has 7 heteroatoms. The lowest BCUT2D eigenvalue weighted by Gasteiger charge is -2.44. The van der Waals surface area contributed by atoms with Crippen molar-refractivity contribution in [3.8, 4) is 0 Å². The van der Waals surface area contributed by atoms with Gasteiger partial charge < -0.3 is 20.3 Å². The third kappa shape index (κ3) is 3.87. The lowest BCUT2D eigenvalue weighted by molar-refractivity contribution is -0.145. The van der Waals surface area contributed by atoms with Crippen molar-refractivity contribution in [3.63, 3.8) is 0 Å². The molecule has 3 unspecified atom stereocenters. The summed E-state index contributed by atoms with van der Waals surface area (Å²) in [7, 11) is 0. The summed E-state index contributed by atoms with van der Waals surface area (Å²) >= 11 is 0. The molecule has 0 aromatic rings. The van der Waals surface area contributed by atoms with Crippen LogP contribution in [0.5, 0.6) is 0 Å². The molecule has 0 bridgehead atoms. The fraction of sp³-hybridized carbons (Fsp3) is 0.857. The second-order valence-electron chi connectivity index (χ2n) is 5.98. The smallest absolute Gasteiger partial charge is 0.239 e. The Morgan fingerprint density at radius 2 is 2.14 bits per heavy atom. The minimum Gasteiger partial charge on any atom is -0.378 e. The third-order valence-corrected chi connectivity index (χ3v) is 4.53. The first-order chi connectivity index (χ1) is 9.74. The lowest BCUT2D eigenvalue weighted by Crippen LogP contribution is -2.63. The van der Waals surface area contributed by atoms with Crippen LogP contribution in [-0.4, -0.2) is 61.1 Å². The number of ether oxygens (including phenoxy) is 1. The second kappa shape index (κ2) is 7.42. The largest absolute Gasteiger partial charge is 0.378 e. The van der Waals surface area contributed by atoms with E-state index in [1.54, 1.807) is 4.90 Å². The first-order valence-corrected chi connectivity index (χ1v) is 7.64. The molecule has 2 saturated heterocycles. The standard InChI is InChI=1S/C14H23N3O3.ClH/c18-13-8-17(12-4-2-1-3-11(12)16-13)14(19)7-10-9-20-6-5-15-10;/h10-12,15H,1-9H2,(H,16,18);1H. The Morgan fingerprint density at radius 3 is 2.90 bits per heavy atom. The van der Waals surface area contributed by atoms with Crippen molar-refractivity contribution in [2.75, 3.05) is 26.3 Å². The highest BCUT2D eigenvalue weighted by Crippen LogP contribution is 2.26. The molecule has 0 spiro atoms. The van der Waals surface area contributed by atoms with E-state index >= 15 is 0 Å². The first-order valence-electron chi connectivity index (χ1n) is 7.64. The predicted molar refractivity (Wildman–Crippen MR) is 80.4 cm³/mol. The van der Waals surface area contributed by atoms with Gasteiger partial charge in [-0.25, -0.2) is 0 Å². The second-order valence-corrected chi connectivity index (χ2v) is 5.98. The van der Waals surface area contributed by atoms with E-state index in [9.17, 15) is 9.59 Å². The number of nitrogens with one attached hydrogen (secondary N) is 2. The minimum atomic E-state index is -0.0191. The summed E-state index contributed by atoms with van der Waals surface area (Å²) < 4.78 is 5.39. The molecule has 1 saturated carbocycles. The van der Waals surface area contributed by atoms with Crippen LogP contribution in [0.15, 0.2) is 0 Å². The van der Waals surface area contributed by atoms with Crippen molar-refractivity contribution in [1.29, 1.82) is 0 Å². The maximum atomic E-state index is 12.5. The van der Waals surface area contributed by atoms with E-state index in [4.69, 9.17) is 4.74 Å². The molecule has 0 aromatic carbocycles. The van der Waals surface area contributed by atoms with Crippen molar-refractivity contribution in [2.24, 2.45) is 0 Å². The van der Waals surface area contributed by atoms with Crippen LogP contribution in [0, 0.1) is 0 Å². The molecule has 3 fully saturated rings. The van der Waals surface area contributed by atoms with Crippen LogP contribution in [-0.2, 0) is 14.3 Å². The molecule has 3 atom stereocenters. The number of fused-ring (bicyclic) bond motifs is 1. The number of piperazine rings is 1. The van der Waals surface area contributed by atoms with E-state index in [0.29, 0.717) is 19.6 Å². The van der Waals surface area contributed by atoms with Crippen molar-refractivity contribution >= 4 is 24.2 Å². The summed E-state index contributed by atoms with van der Waals surface area (Å²) in [4.78, 5) is 26.1. The lowest BCUT2D eigenvalue weighted by atomic mass is 9.87. The van der Waals surface area contributed by atoms with Gasteiger partial charge in [-0.05, 0) is 12.8 Å². The van der Waals surface area contributed by atoms with E-state index < -0.39 is 0 Å². The number of nitrogens with zero attached hydrogens (tertiary/aromatic N) is 1. The highest BCUT2D eigenvalue weighted by atomic mass is 35.5. The highest BCUT2D eigenvalue weighted by molar-refractivity contribution is 5.87. The summed E-state index contributed by atoms with van der Waals surface area (Å²) in [6.07, 6.45) is 4.71. The van der Waals surface area contributed by atoms with Gasteiger partial charge in [-0.2, -0.15) is 0 Å². The first kappa shape index (κ1) is 16.5. The number of carbonyl (C=O) groups excluding carboxylic acids is 2. The van der Waals surface area contributed by atoms with Crippen LogP contribution >= 0.6 is 12.4 Å².